The average Bonchev–Trinajstić information content (AvgIpc) is 2.33. The van der Waals surface area contributed by atoms with Crippen molar-refractivity contribution >= 4 is 5.97 Å². The molecule has 0 fully saturated rings. The van der Waals surface area contributed by atoms with Crippen LogP contribution in [0.2, 0.25) is 0 Å². The van der Waals surface area contributed by atoms with Gasteiger partial charge in [0.2, 0.25) is 0 Å². The molecule has 0 aliphatic heterocycles. The average molecular weight is 261 g/mol. The van der Waals surface area contributed by atoms with Crippen molar-refractivity contribution in [1.82, 2.24) is 4.57 Å². The predicted octanol–water partition coefficient (Wildman–Crippen LogP) is 2.04. The molecule has 0 aliphatic carbocycles. The maximum atomic E-state index is 13.2. The summed E-state index contributed by atoms with van der Waals surface area (Å²) in [6.07, 6.45) is 0. The zero-order chi connectivity index (χ0) is 14.0. The predicted molar refractivity (Wildman–Crippen MR) is 67.9 cm³/mol. The van der Waals surface area contributed by atoms with Crippen LogP contribution < -0.4 is 5.56 Å². The van der Waals surface area contributed by atoms with Gasteiger partial charge in [-0.2, -0.15) is 0 Å². The Morgan fingerprint density at radius 3 is 2.68 bits per heavy atom. The number of aryl methyl sites for hydroxylation is 1. The van der Waals surface area contributed by atoms with E-state index in [1.165, 1.54) is 16.7 Å². The molecule has 0 bridgehead atoms. The van der Waals surface area contributed by atoms with Gasteiger partial charge in [-0.05, 0) is 36.8 Å². The topological polar surface area (TPSA) is 59.3 Å². The van der Waals surface area contributed by atoms with E-state index >= 15 is 0 Å². The van der Waals surface area contributed by atoms with Crippen LogP contribution in [-0.2, 0) is 6.54 Å². The van der Waals surface area contributed by atoms with Gasteiger partial charge in [0.1, 0.15) is 5.82 Å². The Hall–Kier alpha value is -2.43. The summed E-state index contributed by atoms with van der Waals surface area (Å²) in [4.78, 5) is 22.8. The molecule has 0 atom stereocenters. The summed E-state index contributed by atoms with van der Waals surface area (Å²) in [6.45, 7) is 1.77. The molecular weight excluding hydrogens is 249 g/mol. The van der Waals surface area contributed by atoms with Crippen LogP contribution in [0.3, 0.4) is 0 Å². The molecule has 2 aromatic rings. The Balaban J connectivity index is 2.52. The van der Waals surface area contributed by atoms with Crippen LogP contribution >= 0.6 is 0 Å². The highest BCUT2D eigenvalue weighted by Gasteiger charge is 2.12. The van der Waals surface area contributed by atoms with Crippen molar-refractivity contribution in [2.24, 2.45) is 0 Å². The highest BCUT2D eigenvalue weighted by molar-refractivity contribution is 5.89. The van der Waals surface area contributed by atoms with Crippen molar-refractivity contribution in [3.8, 4) is 0 Å². The number of benzene rings is 1. The Labute approximate surface area is 108 Å². The first-order valence-electron chi connectivity index (χ1n) is 5.67. The summed E-state index contributed by atoms with van der Waals surface area (Å²) >= 11 is 0. The molecule has 98 valence electrons. The van der Waals surface area contributed by atoms with E-state index in [4.69, 9.17) is 5.11 Å². The van der Waals surface area contributed by atoms with Gasteiger partial charge < -0.3 is 9.67 Å². The molecule has 0 saturated carbocycles. The molecule has 0 saturated heterocycles. The van der Waals surface area contributed by atoms with Gasteiger partial charge in [0, 0.05) is 11.8 Å². The molecule has 0 unspecified atom stereocenters. The molecule has 1 N–H and O–H groups in total. The van der Waals surface area contributed by atoms with Crippen LogP contribution in [0, 0.1) is 12.7 Å². The van der Waals surface area contributed by atoms with Gasteiger partial charge in [-0.15, -0.1) is 0 Å². The van der Waals surface area contributed by atoms with Crippen LogP contribution in [0.5, 0.6) is 0 Å². The van der Waals surface area contributed by atoms with Crippen molar-refractivity contribution in [3.05, 3.63) is 69.4 Å². The van der Waals surface area contributed by atoms with Crippen molar-refractivity contribution < 1.29 is 14.3 Å². The minimum Gasteiger partial charge on any atom is -0.478 e. The Bertz CT molecular complexity index is 691. The fourth-order valence-electron chi connectivity index (χ4n) is 1.90. The lowest BCUT2D eigenvalue weighted by Crippen LogP contribution is -2.22. The number of nitrogens with zero attached hydrogens (tertiary/aromatic N) is 1. The molecule has 4 nitrogen and oxygen atoms in total. The molecule has 1 aromatic heterocycles. The highest BCUT2D eigenvalue weighted by atomic mass is 19.1. The van der Waals surface area contributed by atoms with E-state index in [0.29, 0.717) is 5.69 Å². The van der Waals surface area contributed by atoms with Gasteiger partial charge in [-0.1, -0.05) is 6.07 Å². The van der Waals surface area contributed by atoms with Gasteiger partial charge in [-0.3, -0.25) is 4.79 Å². The van der Waals surface area contributed by atoms with Crippen LogP contribution in [-0.4, -0.2) is 15.6 Å². The van der Waals surface area contributed by atoms with Crippen LogP contribution in [0.25, 0.3) is 0 Å². The minimum absolute atomic E-state index is 0.00319. The summed E-state index contributed by atoms with van der Waals surface area (Å²) in [5, 5.41) is 9.06. The first kappa shape index (κ1) is 13.0. The third-order valence-electron chi connectivity index (χ3n) is 2.89. The number of carboxylic acid groups (broad SMARTS) is 1. The van der Waals surface area contributed by atoms with Crippen molar-refractivity contribution in [2.45, 2.75) is 13.5 Å². The lowest BCUT2D eigenvalue weighted by atomic mass is 10.1. The van der Waals surface area contributed by atoms with Crippen molar-refractivity contribution in [3.63, 3.8) is 0 Å². The Morgan fingerprint density at radius 1 is 1.32 bits per heavy atom. The second-order valence-corrected chi connectivity index (χ2v) is 4.20. The zero-order valence-electron chi connectivity index (χ0n) is 10.3. The van der Waals surface area contributed by atoms with Crippen LogP contribution in [0.15, 0.2) is 41.2 Å². The number of hydrogen-bond acceptors (Lipinski definition) is 2. The van der Waals surface area contributed by atoms with E-state index in [1.54, 1.807) is 19.1 Å². The summed E-state index contributed by atoms with van der Waals surface area (Å²) in [7, 11) is 0. The van der Waals surface area contributed by atoms with E-state index in [1.807, 2.05) is 0 Å². The van der Waals surface area contributed by atoms with Gasteiger partial charge in [-0.25, -0.2) is 9.18 Å². The normalized spacial score (nSPS) is 10.4. The summed E-state index contributed by atoms with van der Waals surface area (Å²) in [5.74, 6) is -1.67. The number of aromatic nitrogens is 1. The SMILES string of the molecule is Cc1cccc(=O)n1Cc1cc(F)ccc1C(=O)O. The number of hydrogen-bond donors (Lipinski definition) is 1. The monoisotopic (exact) mass is 261 g/mol. The van der Waals surface area contributed by atoms with E-state index in [9.17, 15) is 14.0 Å². The lowest BCUT2D eigenvalue weighted by Gasteiger charge is -2.11. The molecule has 1 aromatic carbocycles. The summed E-state index contributed by atoms with van der Waals surface area (Å²) in [5.41, 5.74) is 0.703. The molecule has 19 heavy (non-hydrogen) atoms. The van der Waals surface area contributed by atoms with Crippen LogP contribution in [0.1, 0.15) is 21.6 Å². The number of halogens is 1. The smallest absolute Gasteiger partial charge is 0.336 e. The summed E-state index contributed by atoms with van der Waals surface area (Å²) in [6, 6.07) is 8.18. The second kappa shape index (κ2) is 5.06. The maximum absolute atomic E-state index is 13.2. The molecule has 2 rings (SSSR count). The highest BCUT2D eigenvalue weighted by Crippen LogP contribution is 2.13. The van der Waals surface area contributed by atoms with E-state index in [0.717, 1.165) is 12.1 Å². The molecular formula is C14H12FNO3. The Morgan fingerprint density at radius 2 is 2.05 bits per heavy atom. The standard InChI is InChI=1S/C14H12FNO3/c1-9-3-2-4-13(17)16(9)8-10-7-11(15)5-6-12(10)14(18)19/h2-7H,8H2,1H3,(H,18,19). The number of aromatic carboxylic acids is 1. The van der Waals surface area contributed by atoms with E-state index in [2.05, 4.69) is 0 Å². The minimum atomic E-state index is -1.14. The molecule has 0 amide bonds. The molecule has 0 radical (unpaired) electrons. The molecule has 0 aliphatic rings. The van der Waals surface area contributed by atoms with Crippen LogP contribution in [0.4, 0.5) is 4.39 Å². The van der Waals surface area contributed by atoms with Gasteiger partial charge in [0.25, 0.3) is 5.56 Å². The maximum Gasteiger partial charge on any atom is 0.336 e. The first-order chi connectivity index (χ1) is 8.99. The molecule has 5 heteroatoms. The molecule has 0 spiro atoms. The summed E-state index contributed by atoms with van der Waals surface area (Å²) < 4.78 is 14.6. The number of rotatable bonds is 3. The third kappa shape index (κ3) is 2.70. The quantitative estimate of drug-likeness (QED) is 0.919. The van der Waals surface area contributed by atoms with Gasteiger partial charge in [0.05, 0.1) is 12.1 Å². The van der Waals surface area contributed by atoms with E-state index in [-0.39, 0.29) is 23.2 Å². The van der Waals surface area contributed by atoms with Crippen molar-refractivity contribution in [1.29, 1.82) is 0 Å². The number of carbonyl (C=O) groups is 1. The number of pyridine rings is 1. The first-order valence-corrected chi connectivity index (χ1v) is 5.67. The van der Waals surface area contributed by atoms with E-state index < -0.39 is 11.8 Å². The fourth-order valence-corrected chi connectivity index (χ4v) is 1.90. The fraction of sp³-hybridized carbons (Fsp3) is 0.143. The van der Waals surface area contributed by atoms with Gasteiger partial charge in [0.15, 0.2) is 0 Å². The van der Waals surface area contributed by atoms with Gasteiger partial charge >= 0.3 is 5.97 Å². The molecule has 1 heterocycles. The largest absolute Gasteiger partial charge is 0.478 e. The lowest BCUT2D eigenvalue weighted by molar-refractivity contribution is 0.0695. The Kier molecular flexibility index (Phi) is 3.46. The van der Waals surface area contributed by atoms with Crippen molar-refractivity contribution in [2.75, 3.05) is 0 Å². The number of carboxylic acids is 1. The second-order valence-electron chi connectivity index (χ2n) is 4.20. The zero-order valence-corrected chi connectivity index (χ0v) is 10.3. The third-order valence-corrected chi connectivity index (χ3v) is 2.89.